The van der Waals surface area contributed by atoms with E-state index >= 15 is 0 Å². The van der Waals surface area contributed by atoms with Crippen molar-refractivity contribution in [1.82, 2.24) is 0 Å². The topological polar surface area (TPSA) is 38.7 Å². The van der Waals surface area contributed by atoms with E-state index in [0.29, 0.717) is 11.5 Å². The predicted molar refractivity (Wildman–Crippen MR) is 83.3 cm³/mol. The number of hydrogen-bond acceptors (Lipinski definition) is 4. The monoisotopic (exact) mass is 406 g/mol. The summed E-state index contributed by atoms with van der Waals surface area (Å²) >= 11 is 8.38. The number of hydrogen-bond donors (Lipinski definition) is 1. The third kappa shape index (κ3) is 3.31. The molecule has 1 heterocycles. The van der Waals surface area contributed by atoms with Gasteiger partial charge in [-0.1, -0.05) is 0 Å². The standard InChI is InChI=1S/C13H12Br2O3S/c1-17-8-3-7(4-9(5-8)18-2)12(16)10-6-11(14)19-13(10)15/h3-6,12,16H,1-2H3. The van der Waals surface area contributed by atoms with Crippen molar-refractivity contribution in [2.24, 2.45) is 0 Å². The highest BCUT2D eigenvalue weighted by Gasteiger charge is 2.18. The van der Waals surface area contributed by atoms with Crippen LogP contribution in [0.1, 0.15) is 17.2 Å². The molecule has 0 fully saturated rings. The molecule has 0 amide bonds. The van der Waals surface area contributed by atoms with E-state index in [2.05, 4.69) is 31.9 Å². The molecule has 0 saturated carbocycles. The molecule has 6 heteroatoms. The molecule has 3 nitrogen and oxygen atoms in total. The first-order valence-electron chi connectivity index (χ1n) is 5.41. The van der Waals surface area contributed by atoms with Gasteiger partial charge in [0.2, 0.25) is 0 Å². The average molecular weight is 408 g/mol. The highest BCUT2D eigenvalue weighted by molar-refractivity contribution is 9.12. The Bertz CT molecular complexity index is 561. The molecular formula is C13H12Br2O3S. The van der Waals surface area contributed by atoms with Gasteiger partial charge < -0.3 is 14.6 Å². The molecule has 2 aromatic rings. The molecule has 102 valence electrons. The van der Waals surface area contributed by atoms with Crippen LogP contribution >= 0.6 is 43.2 Å². The van der Waals surface area contributed by atoms with E-state index in [4.69, 9.17) is 9.47 Å². The van der Waals surface area contributed by atoms with Gasteiger partial charge in [-0.25, -0.2) is 0 Å². The lowest BCUT2D eigenvalue weighted by Crippen LogP contribution is -2.00. The largest absolute Gasteiger partial charge is 0.497 e. The van der Waals surface area contributed by atoms with E-state index in [1.54, 1.807) is 32.4 Å². The second-order valence-corrected chi connectivity index (χ2v) is 7.58. The van der Waals surface area contributed by atoms with E-state index in [0.717, 1.165) is 18.7 Å². The van der Waals surface area contributed by atoms with Crippen molar-refractivity contribution in [3.8, 4) is 11.5 Å². The molecule has 1 aromatic heterocycles. The van der Waals surface area contributed by atoms with Crippen molar-refractivity contribution in [1.29, 1.82) is 0 Å². The third-order valence-corrected chi connectivity index (χ3v) is 5.05. The summed E-state index contributed by atoms with van der Waals surface area (Å²) in [5.74, 6) is 1.30. The summed E-state index contributed by atoms with van der Waals surface area (Å²) in [6.07, 6.45) is -0.735. The van der Waals surface area contributed by atoms with Gasteiger partial charge >= 0.3 is 0 Å². The van der Waals surface area contributed by atoms with Crippen LogP contribution in [0, 0.1) is 0 Å². The Morgan fingerprint density at radius 2 is 1.63 bits per heavy atom. The molecule has 0 bridgehead atoms. The van der Waals surface area contributed by atoms with Crippen molar-refractivity contribution in [3.05, 3.63) is 43.0 Å². The van der Waals surface area contributed by atoms with Gasteiger partial charge in [-0.2, -0.15) is 0 Å². The second-order valence-electron chi connectivity index (χ2n) is 3.83. The summed E-state index contributed by atoms with van der Waals surface area (Å²) in [6, 6.07) is 7.26. The summed E-state index contributed by atoms with van der Waals surface area (Å²) in [7, 11) is 3.17. The zero-order valence-corrected chi connectivity index (χ0v) is 14.3. The van der Waals surface area contributed by atoms with Crippen LogP contribution in [-0.4, -0.2) is 19.3 Å². The van der Waals surface area contributed by atoms with Crippen LogP contribution < -0.4 is 9.47 Å². The van der Waals surface area contributed by atoms with Crippen molar-refractivity contribution in [2.75, 3.05) is 14.2 Å². The number of rotatable bonds is 4. The Morgan fingerprint density at radius 3 is 2.05 bits per heavy atom. The number of halogens is 2. The normalized spacial score (nSPS) is 12.3. The molecule has 0 spiro atoms. The van der Waals surface area contributed by atoms with Crippen LogP contribution in [0.2, 0.25) is 0 Å². The minimum Gasteiger partial charge on any atom is -0.497 e. The molecule has 1 aromatic carbocycles. The quantitative estimate of drug-likeness (QED) is 0.817. The molecule has 0 aliphatic rings. The van der Waals surface area contributed by atoms with Crippen LogP contribution in [0.15, 0.2) is 31.8 Å². The van der Waals surface area contributed by atoms with Crippen LogP contribution in [-0.2, 0) is 0 Å². The predicted octanol–water partition coefficient (Wildman–Crippen LogP) is 4.37. The number of ether oxygens (including phenoxy) is 2. The fourth-order valence-electron chi connectivity index (χ4n) is 1.71. The fraction of sp³-hybridized carbons (Fsp3) is 0.231. The van der Waals surface area contributed by atoms with E-state index in [-0.39, 0.29) is 0 Å². The third-order valence-electron chi connectivity index (χ3n) is 2.67. The van der Waals surface area contributed by atoms with Gasteiger partial charge in [0.1, 0.15) is 17.6 Å². The maximum Gasteiger partial charge on any atom is 0.122 e. The summed E-state index contributed by atoms with van der Waals surface area (Å²) < 4.78 is 12.3. The van der Waals surface area contributed by atoms with Crippen molar-refractivity contribution in [2.45, 2.75) is 6.10 Å². The van der Waals surface area contributed by atoms with Gasteiger partial charge in [-0.3, -0.25) is 0 Å². The molecule has 0 saturated heterocycles. The fourth-order valence-corrected chi connectivity index (χ4v) is 4.59. The Hall–Kier alpha value is -0.560. The molecule has 1 unspecified atom stereocenters. The Balaban J connectivity index is 2.43. The Kier molecular flexibility index (Phi) is 4.89. The highest BCUT2D eigenvalue weighted by atomic mass is 79.9. The number of thiophene rings is 1. The minimum atomic E-state index is -0.735. The molecule has 1 atom stereocenters. The molecule has 0 aliphatic carbocycles. The first-order chi connectivity index (χ1) is 9.05. The van der Waals surface area contributed by atoms with Gasteiger partial charge in [0.25, 0.3) is 0 Å². The molecule has 2 rings (SSSR count). The molecule has 19 heavy (non-hydrogen) atoms. The molecule has 1 N–H and O–H groups in total. The Morgan fingerprint density at radius 1 is 1.05 bits per heavy atom. The number of aliphatic hydroxyl groups excluding tert-OH is 1. The number of methoxy groups -OCH3 is 2. The summed E-state index contributed by atoms with van der Waals surface area (Å²) in [5.41, 5.74) is 1.54. The SMILES string of the molecule is COc1cc(OC)cc(C(O)c2cc(Br)sc2Br)c1. The molecular weight excluding hydrogens is 396 g/mol. The number of aliphatic hydroxyl groups is 1. The van der Waals surface area contributed by atoms with Gasteiger partial charge in [0, 0.05) is 11.6 Å². The van der Waals surface area contributed by atoms with E-state index in [1.165, 1.54) is 11.3 Å². The maximum atomic E-state index is 10.5. The zero-order chi connectivity index (χ0) is 14.0. The van der Waals surface area contributed by atoms with Crippen LogP contribution in [0.4, 0.5) is 0 Å². The van der Waals surface area contributed by atoms with E-state index in [9.17, 15) is 5.11 Å². The lowest BCUT2D eigenvalue weighted by atomic mass is 10.0. The van der Waals surface area contributed by atoms with Crippen molar-refractivity contribution < 1.29 is 14.6 Å². The minimum absolute atomic E-state index is 0.652. The van der Waals surface area contributed by atoms with Gasteiger partial charge in [0.15, 0.2) is 0 Å². The van der Waals surface area contributed by atoms with Crippen LogP contribution in [0.3, 0.4) is 0 Å². The second kappa shape index (κ2) is 6.26. The molecule has 0 aliphatic heterocycles. The lowest BCUT2D eigenvalue weighted by Gasteiger charge is -2.13. The Labute approximate surface area is 132 Å². The number of benzene rings is 1. The van der Waals surface area contributed by atoms with Gasteiger partial charge in [0.05, 0.1) is 21.8 Å². The van der Waals surface area contributed by atoms with Crippen molar-refractivity contribution >= 4 is 43.2 Å². The van der Waals surface area contributed by atoms with Crippen LogP contribution in [0.25, 0.3) is 0 Å². The van der Waals surface area contributed by atoms with Gasteiger partial charge in [-0.15, -0.1) is 11.3 Å². The van der Waals surface area contributed by atoms with Gasteiger partial charge in [-0.05, 0) is 55.6 Å². The van der Waals surface area contributed by atoms with Crippen molar-refractivity contribution in [3.63, 3.8) is 0 Å². The molecule has 0 radical (unpaired) electrons. The smallest absolute Gasteiger partial charge is 0.122 e. The first kappa shape index (κ1) is 14.8. The van der Waals surface area contributed by atoms with E-state index < -0.39 is 6.10 Å². The summed E-state index contributed by atoms with van der Waals surface area (Å²) in [5, 5.41) is 10.5. The lowest BCUT2D eigenvalue weighted by molar-refractivity contribution is 0.219. The first-order valence-corrected chi connectivity index (χ1v) is 7.81. The van der Waals surface area contributed by atoms with E-state index in [1.807, 2.05) is 6.07 Å². The zero-order valence-electron chi connectivity index (χ0n) is 10.3. The summed E-state index contributed by atoms with van der Waals surface area (Å²) in [4.78, 5) is 0. The summed E-state index contributed by atoms with van der Waals surface area (Å²) in [6.45, 7) is 0. The maximum absolute atomic E-state index is 10.5. The van der Waals surface area contributed by atoms with Crippen LogP contribution in [0.5, 0.6) is 11.5 Å². The highest BCUT2D eigenvalue weighted by Crippen LogP contribution is 2.39. The average Bonchev–Trinajstić information content (AvgIpc) is 2.76.